The summed E-state index contributed by atoms with van der Waals surface area (Å²) < 4.78 is 17.1. The summed E-state index contributed by atoms with van der Waals surface area (Å²) in [4.78, 5) is 16.2. The second kappa shape index (κ2) is 7.12. The molecule has 1 aromatic rings. The molecule has 0 atom stereocenters. The highest BCUT2D eigenvalue weighted by Crippen LogP contribution is 2.21. The zero-order valence-corrected chi connectivity index (χ0v) is 16.4. The first-order chi connectivity index (χ1) is 12.1. The van der Waals surface area contributed by atoms with Crippen LogP contribution in [0.4, 0.5) is 10.5 Å². The molecule has 0 saturated carbocycles. The Morgan fingerprint density at radius 2 is 1.73 bits per heavy atom. The van der Waals surface area contributed by atoms with Crippen LogP contribution in [0.2, 0.25) is 0 Å². The Balaban J connectivity index is 1.54. The van der Waals surface area contributed by atoms with Crippen LogP contribution in [0.25, 0.3) is 0 Å². The zero-order chi connectivity index (χ0) is 18.9. The Labute approximate surface area is 156 Å². The summed E-state index contributed by atoms with van der Waals surface area (Å²) in [5, 5.41) is 0. The molecular formula is C19H29BN2O4. The van der Waals surface area contributed by atoms with Crippen molar-refractivity contribution in [2.24, 2.45) is 0 Å². The lowest BCUT2D eigenvalue weighted by Gasteiger charge is -2.36. The van der Waals surface area contributed by atoms with Gasteiger partial charge in [0, 0.05) is 31.9 Å². The topological polar surface area (TPSA) is 51.2 Å². The van der Waals surface area contributed by atoms with Gasteiger partial charge in [-0.2, -0.15) is 0 Å². The van der Waals surface area contributed by atoms with E-state index in [4.69, 9.17) is 14.0 Å². The van der Waals surface area contributed by atoms with E-state index in [0.29, 0.717) is 19.7 Å². The van der Waals surface area contributed by atoms with Gasteiger partial charge in [0.2, 0.25) is 0 Å². The van der Waals surface area contributed by atoms with Gasteiger partial charge in [-0.1, -0.05) is 12.1 Å². The van der Waals surface area contributed by atoms with Crippen LogP contribution in [-0.2, 0) is 14.0 Å². The number of nitrogens with zero attached hydrogens (tertiary/aromatic N) is 2. The normalized spacial score (nSPS) is 20.4. The van der Waals surface area contributed by atoms with E-state index in [1.54, 1.807) is 4.90 Å². The average molecular weight is 360 g/mol. The van der Waals surface area contributed by atoms with Gasteiger partial charge in [-0.05, 0) is 52.2 Å². The van der Waals surface area contributed by atoms with Crippen molar-refractivity contribution in [2.45, 2.75) is 45.8 Å². The van der Waals surface area contributed by atoms with Crippen molar-refractivity contribution in [3.05, 3.63) is 24.3 Å². The molecular weight excluding hydrogens is 331 g/mol. The predicted octanol–water partition coefficient (Wildman–Crippen LogP) is 2.26. The van der Waals surface area contributed by atoms with Crippen LogP contribution in [-0.4, -0.2) is 62.1 Å². The van der Waals surface area contributed by atoms with Gasteiger partial charge in [-0.3, -0.25) is 0 Å². The fourth-order valence-corrected chi connectivity index (χ4v) is 3.11. The molecule has 0 N–H and O–H groups in total. The molecule has 7 heteroatoms. The number of amides is 1. The van der Waals surface area contributed by atoms with Gasteiger partial charge in [-0.25, -0.2) is 4.79 Å². The van der Waals surface area contributed by atoms with Crippen molar-refractivity contribution in [1.82, 2.24) is 4.90 Å². The number of carbonyl (C=O) groups excluding carboxylic acids is 1. The van der Waals surface area contributed by atoms with Gasteiger partial charge in [0.15, 0.2) is 0 Å². The maximum Gasteiger partial charge on any atom is 0.494 e. The average Bonchev–Trinajstić information content (AvgIpc) is 2.94. The van der Waals surface area contributed by atoms with Crippen molar-refractivity contribution in [3.8, 4) is 0 Å². The number of carbonyl (C=O) groups is 1. The Morgan fingerprint density at radius 3 is 2.23 bits per heavy atom. The van der Waals surface area contributed by atoms with E-state index in [0.717, 1.165) is 24.2 Å². The number of anilines is 1. The monoisotopic (exact) mass is 360 g/mol. The van der Waals surface area contributed by atoms with Crippen LogP contribution in [0.3, 0.4) is 0 Å². The summed E-state index contributed by atoms with van der Waals surface area (Å²) in [7, 11) is -0.289. The highest BCUT2D eigenvalue weighted by Gasteiger charge is 2.38. The molecule has 2 heterocycles. The smallest absolute Gasteiger partial charge is 0.444 e. The summed E-state index contributed by atoms with van der Waals surface area (Å²) in [5.41, 5.74) is 1.49. The molecule has 2 saturated heterocycles. The first kappa shape index (κ1) is 19.0. The Kier molecular flexibility index (Phi) is 5.22. The minimum atomic E-state index is -0.455. The summed E-state index contributed by atoms with van der Waals surface area (Å²) >= 11 is 0. The summed E-state index contributed by atoms with van der Waals surface area (Å²) in [6.45, 7) is 13.3. The number of ether oxygens (including phenoxy) is 1. The molecule has 1 amide bonds. The lowest BCUT2D eigenvalue weighted by molar-refractivity contribution is 0.0240. The van der Waals surface area contributed by atoms with E-state index in [2.05, 4.69) is 29.2 Å². The molecule has 6 nitrogen and oxygen atoms in total. The fraction of sp³-hybridized carbons (Fsp3) is 0.632. The number of hydrogen-bond acceptors (Lipinski definition) is 5. The maximum absolute atomic E-state index is 12.2. The van der Waals surface area contributed by atoms with E-state index >= 15 is 0 Å². The summed E-state index contributed by atoms with van der Waals surface area (Å²) in [6, 6.07) is 8.30. The lowest BCUT2D eigenvalue weighted by atomic mass is 9.79. The Bertz CT molecular complexity index is 634. The third kappa shape index (κ3) is 4.71. The third-order valence-corrected chi connectivity index (χ3v) is 4.47. The second-order valence-electron chi connectivity index (χ2n) is 8.57. The van der Waals surface area contributed by atoms with Gasteiger partial charge in [0.25, 0.3) is 0 Å². The lowest BCUT2D eigenvalue weighted by Crippen LogP contribution is -2.50. The number of benzene rings is 1. The summed E-state index contributed by atoms with van der Waals surface area (Å²) in [5.74, 6) is 0. The first-order valence-electron chi connectivity index (χ1n) is 9.25. The minimum Gasteiger partial charge on any atom is -0.444 e. The van der Waals surface area contributed by atoms with Gasteiger partial charge in [0.05, 0.1) is 12.2 Å². The van der Waals surface area contributed by atoms with Crippen LogP contribution in [0.5, 0.6) is 0 Å². The molecule has 0 aromatic heterocycles. The van der Waals surface area contributed by atoms with Crippen molar-refractivity contribution < 1.29 is 18.8 Å². The van der Waals surface area contributed by atoms with Crippen molar-refractivity contribution in [1.29, 1.82) is 0 Å². The quantitative estimate of drug-likeness (QED) is 0.758. The van der Waals surface area contributed by atoms with E-state index < -0.39 is 5.60 Å². The van der Waals surface area contributed by atoms with Gasteiger partial charge in [-0.15, -0.1) is 0 Å². The zero-order valence-electron chi connectivity index (χ0n) is 16.4. The van der Waals surface area contributed by atoms with Crippen molar-refractivity contribution in [2.75, 3.05) is 37.7 Å². The molecule has 142 valence electrons. The van der Waals surface area contributed by atoms with Crippen molar-refractivity contribution >= 4 is 24.4 Å². The second-order valence-corrected chi connectivity index (χ2v) is 8.57. The number of rotatable bonds is 2. The fourth-order valence-electron chi connectivity index (χ4n) is 3.11. The molecule has 0 bridgehead atoms. The van der Waals surface area contributed by atoms with Crippen LogP contribution >= 0.6 is 0 Å². The highest BCUT2D eigenvalue weighted by atomic mass is 16.7. The van der Waals surface area contributed by atoms with Crippen LogP contribution < -0.4 is 10.4 Å². The molecule has 2 aliphatic rings. The molecule has 0 aliphatic carbocycles. The molecule has 2 aliphatic heterocycles. The van der Waals surface area contributed by atoms with E-state index in [1.807, 2.05) is 34.6 Å². The van der Waals surface area contributed by atoms with Crippen molar-refractivity contribution in [3.63, 3.8) is 0 Å². The predicted molar refractivity (Wildman–Crippen MR) is 103 cm³/mol. The summed E-state index contributed by atoms with van der Waals surface area (Å²) in [6.07, 6.45) is -0.231. The number of hydrogen-bond donors (Lipinski definition) is 0. The van der Waals surface area contributed by atoms with Crippen LogP contribution in [0.15, 0.2) is 24.3 Å². The van der Waals surface area contributed by atoms with Gasteiger partial charge < -0.3 is 23.8 Å². The molecule has 0 radical (unpaired) electrons. The standard InChI is InChI=1S/C19H29BN2O4/c1-18(2,3)25-17(23)22-12-10-21(11-13-22)16-8-6-15(7-9-16)20-24-14-19(4,5)26-20/h6-9H,10-14H2,1-5H3. The van der Waals surface area contributed by atoms with Gasteiger partial charge >= 0.3 is 13.2 Å². The molecule has 26 heavy (non-hydrogen) atoms. The Hall–Kier alpha value is -1.73. The number of piperazine rings is 1. The Morgan fingerprint density at radius 1 is 1.12 bits per heavy atom. The van der Waals surface area contributed by atoms with E-state index in [9.17, 15) is 4.79 Å². The molecule has 2 fully saturated rings. The van der Waals surface area contributed by atoms with E-state index in [-0.39, 0.29) is 18.8 Å². The molecule has 1 aromatic carbocycles. The SMILES string of the molecule is CC(C)(C)OC(=O)N1CCN(c2ccc(B3OCC(C)(C)O3)cc2)CC1. The van der Waals surface area contributed by atoms with Crippen LogP contribution in [0.1, 0.15) is 34.6 Å². The van der Waals surface area contributed by atoms with Crippen LogP contribution in [0, 0.1) is 0 Å². The first-order valence-corrected chi connectivity index (χ1v) is 9.25. The largest absolute Gasteiger partial charge is 0.494 e. The van der Waals surface area contributed by atoms with Gasteiger partial charge in [0.1, 0.15) is 5.60 Å². The molecule has 0 unspecified atom stereocenters. The minimum absolute atomic E-state index is 0.231. The highest BCUT2D eigenvalue weighted by molar-refractivity contribution is 6.61. The molecule has 0 spiro atoms. The van der Waals surface area contributed by atoms with E-state index in [1.165, 1.54) is 0 Å². The third-order valence-electron chi connectivity index (χ3n) is 4.47. The maximum atomic E-state index is 12.2. The molecule has 3 rings (SSSR count).